The molecule has 1 amide bonds. The number of alkyl halides is 3. The summed E-state index contributed by atoms with van der Waals surface area (Å²) in [6.45, 7) is 13.4. The molecule has 1 N–H and O–H groups in total. The summed E-state index contributed by atoms with van der Waals surface area (Å²) in [5.74, 6) is 0.193. The van der Waals surface area contributed by atoms with Crippen molar-refractivity contribution >= 4 is 11.6 Å². The fraction of sp³-hybridized carbons (Fsp3) is 0.409. The molecule has 0 aliphatic rings. The van der Waals surface area contributed by atoms with Crippen molar-refractivity contribution in [3.63, 3.8) is 0 Å². The van der Waals surface area contributed by atoms with Crippen LogP contribution in [-0.4, -0.2) is 5.91 Å². The third kappa shape index (κ3) is 6.29. The van der Waals surface area contributed by atoms with Crippen LogP contribution >= 0.6 is 0 Å². The Labute approximate surface area is 164 Å². The van der Waals surface area contributed by atoms with Crippen LogP contribution in [0.2, 0.25) is 0 Å². The molecule has 0 heterocycles. The molecule has 154 valence electrons. The Morgan fingerprint density at radius 2 is 1.46 bits per heavy atom. The summed E-state index contributed by atoms with van der Waals surface area (Å²) in [4.78, 5) is 11.4. The Kier molecular flexibility index (Phi) is 7.67. The molecular weight excluding hydrogens is 367 g/mol. The zero-order valence-electron chi connectivity index (χ0n) is 17.4. The van der Waals surface area contributed by atoms with Crippen LogP contribution in [0.15, 0.2) is 36.4 Å². The van der Waals surface area contributed by atoms with Gasteiger partial charge in [0.05, 0.1) is 11.3 Å². The second-order valence-electron chi connectivity index (χ2n) is 7.22. The van der Waals surface area contributed by atoms with Crippen LogP contribution < -0.4 is 10.1 Å². The van der Waals surface area contributed by atoms with Crippen LogP contribution in [0.3, 0.4) is 0 Å². The van der Waals surface area contributed by atoms with Gasteiger partial charge in [0.15, 0.2) is 5.75 Å². The van der Waals surface area contributed by atoms with Crippen molar-refractivity contribution in [3.05, 3.63) is 53.1 Å². The van der Waals surface area contributed by atoms with E-state index in [1.165, 1.54) is 13.0 Å². The Balaban J connectivity index is 0.00000190. The number of ether oxygens (including phenoxy) is 1. The summed E-state index contributed by atoms with van der Waals surface area (Å²) < 4.78 is 44.6. The lowest BCUT2D eigenvalue weighted by molar-refractivity contribution is -0.137. The van der Waals surface area contributed by atoms with Gasteiger partial charge in [0.25, 0.3) is 0 Å². The SMILES string of the molecule is CC.CC(=O)Nc1cc(C(F)(F)F)ccc1Oc1ccc(C(C)(C)C)cc1C. The molecule has 0 aliphatic carbocycles. The van der Waals surface area contributed by atoms with Gasteiger partial charge in [-0.25, -0.2) is 0 Å². The number of hydrogen-bond acceptors (Lipinski definition) is 2. The maximum atomic E-state index is 12.9. The monoisotopic (exact) mass is 395 g/mol. The second-order valence-corrected chi connectivity index (χ2v) is 7.22. The highest BCUT2D eigenvalue weighted by Crippen LogP contribution is 2.38. The molecule has 0 radical (unpaired) electrons. The van der Waals surface area contributed by atoms with Gasteiger partial charge < -0.3 is 10.1 Å². The van der Waals surface area contributed by atoms with E-state index in [1.54, 1.807) is 6.07 Å². The van der Waals surface area contributed by atoms with Crippen LogP contribution in [0.1, 0.15) is 58.2 Å². The average Bonchev–Trinajstić information content (AvgIpc) is 2.57. The minimum atomic E-state index is -4.50. The normalized spacial score (nSPS) is 11.4. The van der Waals surface area contributed by atoms with Gasteiger partial charge in [-0.2, -0.15) is 13.2 Å². The molecule has 0 atom stereocenters. The smallest absolute Gasteiger partial charge is 0.416 e. The molecule has 2 rings (SSSR count). The minimum Gasteiger partial charge on any atom is -0.455 e. The van der Waals surface area contributed by atoms with Crippen molar-refractivity contribution in [2.24, 2.45) is 0 Å². The lowest BCUT2D eigenvalue weighted by Crippen LogP contribution is -2.11. The van der Waals surface area contributed by atoms with Gasteiger partial charge in [0, 0.05) is 6.92 Å². The van der Waals surface area contributed by atoms with E-state index >= 15 is 0 Å². The Bertz CT molecular complexity index is 822. The predicted molar refractivity (Wildman–Crippen MR) is 107 cm³/mol. The molecule has 28 heavy (non-hydrogen) atoms. The molecule has 0 aromatic heterocycles. The highest BCUT2D eigenvalue weighted by Gasteiger charge is 2.31. The first-order chi connectivity index (χ1) is 12.9. The number of carbonyl (C=O) groups is 1. The zero-order chi connectivity index (χ0) is 21.7. The third-order valence-electron chi connectivity index (χ3n) is 3.88. The predicted octanol–water partition coefficient (Wildman–Crippen LogP) is 7.09. The Hall–Kier alpha value is -2.50. The second kappa shape index (κ2) is 9.13. The van der Waals surface area contributed by atoms with Crippen molar-refractivity contribution < 1.29 is 22.7 Å². The van der Waals surface area contributed by atoms with E-state index < -0.39 is 17.6 Å². The van der Waals surface area contributed by atoms with Gasteiger partial charge in [-0.05, 0) is 47.7 Å². The van der Waals surface area contributed by atoms with Gasteiger partial charge in [-0.3, -0.25) is 4.79 Å². The van der Waals surface area contributed by atoms with Gasteiger partial charge in [0.2, 0.25) is 5.91 Å². The van der Waals surface area contributed by atoms with Gasteiger partial charge in [-0.15, -0.1) is 0 Å². The summed E-state index contributed by atoms with van der Waals surface area (Å²) >= 11 is 0. The van der Waals surface area contributed by atoms with Crippen LogP contribution in [0.5, 0.6) is 11.5 Å². The molecule has 0 fully saturated rings. The first-order valence-electron chi connectivity index (χ1n) is 9.16. The van der Waals surface area contributed by atoms with E-state index in [0.717, 1.165) is 23.3 Å². The van der Waals surface area contributed by atoms with Gasteiger partial charge in [-0.1, -0.05) is 46.8 Å². The number of aryl methyl sites for hydroxylation is 1. The molecule has 0 saturated carbocycles. The summed E-state index contributed by atoms with van der Waals surface area (Å²) in [7, 11) is 0. The van der Waals surface area contributed by atoms with Gasteiger partial charge in [0.1, 0.15) is 5.75 Å². The standard InChI is InChI=1S/C20H22F3NO2.C2H6/c1-12-10-14(19(3,4)5)6-8-17(12)26-18-9-7-15(20(21,22)23)11-16(18)24-13(2)25;1-2/h6-11H,1-5H3,(H,24,25);1-2H3. The highest BCUT2D eigenvalue weighted by atomic mass is 19.4. The van der Waals surface area contributed by atoms with Crippen LogP contribution in [0, 0.1) is 6.92 Å². The number of halogens is 3. The van der Waals surface area contributed by atoms with Crippen molar-refractivity contribution in [1.82, 2.24) is 0 Å². The number of amides is 1. The first-order valence-corrected chi connectivity index (χ1v) is 9.16. The topological polar surface area (TPSA) is 38.3 Å². The van der Waals surface area contributed by atoms with Gasteiger partial charge >= 0.3 is 6.18 Å². The quantitative estimate of drug-likeness (QED) is 0.602. The van der Waals surface area contributed by atoms with Crippen LogP contribution in [0.4, 0.5) is 18.9 Å². The largest absolute Gasteiger partial charge is 0.455 e. The van der Waals surface area contributed by atoms with E-state index in [9.17, 15) is 18.0 Å². The summed E-state index contributed by atoms with van der Waals surface area (Å²) in [6.07, 6.45) is -4.50. The lowest BCUT2D eigenvalue weighted by Gasteiger charge is -2.21. The molecule has 0 saturated heterocycles. The summed E-state index contributed by atoms with van der Waals surface area (Å²) in [6, 6.07) is 8.70. The fourth-order valence-corrected chi connectivity index (χ4v) is 2.43. The van der Waals surface area contributed by atoms with E-state index in [2.05, 4.69) is 26.1 Å². The maximum absolute atomic E-state index is 12.9. The van der Waals surface area contributed by atoms with Crippen molar-refractivity contribution in [2.45, 2.75) is 60.1 Å². The van der Waals surface area contributed by atoms with E-state index in [-0.39, 0.29) is 16.9 Å². The third-order valence-corrected chi connectivity index (χ3v) is 3.88. The molecule has 3 nitrogen and oxygen atoms in total. The van der Waals surface area contributed by atoms with Crippen LogP contribution in [-0.2, 0) is 16.4 Å². The lowest BCUT2D eigenvalue weighted by atomic mass is 9.86. The first kappa shape index (κ1) is 23.5. The van der Waals surface area contributed by atoms with Crippen molar-refractivity contribution in [1.29, 1.82) is 0 Å². The molecule has 0 unspecified atom stereocenters. The van der Waals surface area contributed by atoms with Crippen molar-refractivity contribution in [3.8, 4) is 11.5 Å². The number of carbonyl (C=O) groups excluding carboxylic acids is 1. The molecule has 2 aromatic rings. The van der Waals surface area contributed by atoms with E-state index in [4.69, 9.17) is 4.74 Å². The molecule has 0 aliphatic heterocycles. The number of anilines is 1. The number of nitrogens with one attached hydrogen (secondary N) is 1. The Morgan fingerprint density at radius 1 is 0.929 bits per heavy atom. The fourth-order valence-electron chi connectivity index (χ4n) is 2.43. The highest BCUT2D eigenvalue weighted by molar-refractivity contribution is 5.90. The molecular formula is C22H28F3NO2. The number of benzene rings is 2. The van der Waals surface area contributed by atoms with E-state index in [1.807, 2.05) is 32.9 Å². The molecule has 0 spiro atoms. The van der Waals surface area contributed by atoms with Crippen molar-refractivity contribution in [2.75, 3.05) is 5.32 Å². The zero-order valence-corrected chi connectivity index (χ0v) is 17.4. The maximum Gasteiger partial charge on any atom is 0.416 e. The average molecular weight is 395 g/mol. The summed E-state index contributed by atoms with van der Waals surface area (Å²) in [5.41, 5.74) is 1.07. The molecule has 2 aromatic carbocycles. The summed E-state index contributed by atoms with van der Waals surface area (Å²) in [5, 5.41) is 2.40. The molecule has 6 heteroatoms. The number of rotatable bonds is 3. The number of hydrogen-bond donors (Lipinski definition) is 1. The van der Waals surface area contributed by atoms with E-state index in [0.29, 0.717) is 5.75 Å². The Morgan fingerprint density at radius 3 is 1.93 bits per heavy atom. The molecule has 0 bridgehead atoms. The minimum absolute atomic E-state index is 0.0216. The van der Waals surface area contributed by atoms with Crippen LogP contribution in [0.25, 0.3) is 0 Å².